The molecule has 20 heavy (non-hydrogen) atoms. The van der Waals surface area contributed by atoms with Crippen molar-refractivity contribution >= 4 is 11.6 Å². The Kier molecular flexibility index (Phi) is 4.71. The number of aryl methyl sites for hydroxylation is 1. The first-order chi connectivity index (χ1) is 9.76. The average molecular weight is 269 g/mol. The van der Waals surface area contributed by atoms with E-state index in [9.17, 15) is 4.79 Å². The van der Waals surface area contributed by atoms with Crippen LogP contribution in [0.5, 0.6) is 0 Å². The predicted octanol–water partition coefficient (Wildman–Crippen LogP) is 2.62. The molecule has 0 aliphatic heterocycles. The van der Waals surface area contributed by atoms with Gasteiger partial charge in [-0.3, -0.25) is 9.78 Å². The van der Waals surface area contributed by atoms with Gasteiger partial charge in [-0.05, 0) is 30.2 Å². The summed E-state index contributed by atoms with van der Waals surface area (Å²) in [6.07, 6.45) is 2.66. The molecular formula is C16H19N3O. The van der Waals surface area contributed by atoms with E-state index in [1.165, 1.54) is 0 Å². The SMILES string of the molecule is CCc1cccnc1CNC(=O)c1ccccc1NC. The van der Waals surface area contributed by atoms with Crippen molar-refractivity contribution in [2.45, 2.75) is 19.9 Å². The number of benzene rings is 1. The third-order valence-corrected chi connectivity index (χ3v) is 3.22. The van der Waals surface area contributed by atoms with Crippen molar-refractivity contribution in [1.82, 2.24) is 10.3 Å². The first-order valence-corrected chi connectivity index (χ1v) is 6.74. The first-order valence-electron chi connectivity index (χ1n) is 6.74. The minimum Gasteiger partial charge on any atom is -0.387 e. The molecule has 104 valence electrons. The van der Waals surface area contributed by atoms with Crippen LogP contribution in [-0.4, -0.2) is 17.9 Å². The summed E-state index contributed by atoms with van der Waals surface area (Å²) in [4.78, 5) is 16.5. The quantitative estimate of drug-likeness (QED) is 0.877. The van der Waals surface area contributed by atoms with Crippen molar-refractivity contribution in [2.75, 3.05) is 12.4 Å². The number of carbonyl (C=O) groups is 1. The van der Waals surface area contributed by atoms with Crippen LogP contribution in [0.4, 0.5) is 5.69 Å². The van der Waals surface area contributed by atoms with Gasteiger partial charge in [-0.25, -0.2) is 0 Å². The molecule has 1 aromatic carbocycles. The second-order valence-electron chi connectivity index (χ2n) is 4.44. The lowest BCUT2D eigenvalue weighted by Gasteiger charge is -2.11. The standard InChI is InChI=1S/C16H19N3O/c1-3-12-7-6-10-18-15(12)11-19-16(20)13-8-4-5-9-14(13)17-2/h4-10,17H,3,11H2,1-2H3,(H,19,20). The molecule has 2 aromatic rings. The maximum atomic E-state index is 12.2. The number of para-hydroxylation sites is 1. The summed E-state index contributed by atoms with van der Waals surface area (Å²) in [6.45, 7) is 2.53. The largest absolute Gasteiger partial charge is 0.387 e. The van der Waals surface area contributed by atoms with Gasteiger partial charge in [0.05, 0.1) is 17.8 Å². The molecule has 0 saturated heterocycles. The van der Waals surface area contributed by atoms with Gasteiger partial charge in [0, 0.05) is 18.9 Å². The van der Waals surface area contributed by atoms with Crippen molar-refractivity contribution in [2.24, 2.45) is 0 Å². The van der Waals surface area contributed by atoms with E-state index in [0.29, 0.717) is 12.1 Å². The highest BCUT2D eigenvalue weighted by atomic mass is 16.1. The maximum Gasteiger partial charge on any atom is 0.253 e. The molecule has 2 N–H and O–H groups in total. The van der Waals surface area contributed by atoms with Crippen LogP contribution in [0.25, 0.3) is 0 Å². The Labute approximate surface area is 119 Å². The second kappa shape index (κ2) is 6.70. The van der Waals surface area contributed by atoms with Crippen molar-refractivity contribution in [1.29, 1.82) is 0 Å². The summed E-state index contributed by atoms with van der Waals surface area (Å²) in [5.74, 6) is -0.0948. The normalized spacial score (nSPS) is 10.1. The lowest BCUT2D eigenvalue weighted by molar-refractivity contribution is 0.0951. The zero-order valence-electron chi connectivity index (χ0n) is 11.8. The Morgan fingerprint density at radius 3 is 2.75 bits per heavy atom. The number of anilines is 1. The van der Waals surface area contributed by atoms with Gasteiger partial charge >= 0.3 is 0 Å². The van der Waals surface area contributed by atoms with E-state index in [4.69, 9.17) is 0 Å². The molecule has 0 aliphatic rings. The number of carbonyl (C=O) groups excluding carboxylic acids is 1. The summed E-state index contributed by atoms with van der Waals surface area (Å²) in [5.41, 5.74) is 3.55. The van der Waals surface area contributed by atoms with Crippen LogP contribution in [0.2, 0.25) is 0 Å². The smallest absolute Gasteiger partial charge is 0.253 e. The molecule has 0 fully saturated rings. The van der Waals surface area contributed by atoms with E-state index in [2.05, 4.69) is 22.5 Å². The van der Waals surface area contributed by atoms with Gasteiger partial charge < -0.3 is 10.6 Å². The molecule has 4 heteroatoms. The molecule has 4 nitrogen and oxygen atoms in total. The van der Waals surface area contributed by atoms with Crippen molar-refractivity contribution in [3.63, 3.8) is 0 Å². The van der Waals surface area contributed by atoms with Crippen LogP contribution in [0.15, 0.2) is 42.6 Å². The molecule has 0 unspecified atom stereocenters. The van der Waals surface area contributed by atoms with Crippen LogP contribution in [0.3, 0.4) is 0 Å². The number of nitrogens with one attached hydrogen (secondary N) is 2. The van der Waals surface area contributed by atoms with Gasteiger partial charge in [-0.2, -0.15) is 0 Å². The minimum atomic E-state index is -0.0948. The van der Waals surface area contributed by atoms with Crippen LogP contribution in [0.1, 0.15) is 28.5 Å². The highest BCUT2D eigenvalue weighted by Gasteiger charge is 2.10. The highest BCUT2D eigenvalue weighted by Crippen LogP contribution is 2.14. The monoisotopic (exact) mass is 269 g/mol. The number of nitrogens with zero attached hydrogens (tertiary/aromatic N) is 1. The molecule has 0 bridgehead atoms. The number of aromatic nitrogens is 1. The molecule has 0 saturated carbocycles. The third-order valence-electron chi connectivity index (χ3n) is 3.22. The molecule has 1 aromatic heterocycles. The zero-order chi connectivity index (χ0) is 14.4. The number of hydrogen-bond acceptors (Lipinski definition) is 3. The fourth-order valence-electron chi connectivity index (χ4n) is 2.11. The zero-order valence-corrected chi connectivity index (χ0v) is 11.8. The number of pyridine rings is 1. The van der Waals surface area contributed by atoms with E-state index in [1.54, 1.807) is 19.3 Å². The molecular weight excluding hydrogens is 250 g/mol. The van der Waals surface area contributed by atoms with Crippen LogP contribution < -0.4 is 10.6 Å². The summed E-state index contributed by atoms with van der Waals surface area (Å²) >= 11 is 0. The predicted molar refractivity (Wildman–Crippen MR) is 80.8 cm³/mol. The van der Waals surface area contributed by atoms with Gasteiger partial charge in [0.15, 0.2) is 0 Å². The van der Waals surface area contributed by atoms with Gasteiger partial charge in [-0.1, -0.05) is 25.1 Å². The average Bonchev–Trinajstić information content (AvgIpc) is 2.52. The number of amides is 1. The van der Waals surface area contributed by atoms with Crippen molar-refractivity contribution in [3.05, 3.63) is 59.4 Å². The Hall–Kier alpha value is -2.36. The highest BCUT2D eigenvalue weighted by molar-refractivity contribution is 5.99. The van der Waals surface area contributed by atoms with E-state index in [1.807, 2.05) is 30.3 Å². The molecule has 1 heterocycles. The van der Waals surface area contributed by atoms with Gasteiger partial charge in [0.25, 0.3) is 5.91 Å². The number of rotatable bonds is 5. The third kappa shape index (κ3) is 3.15. The molecule has 0 spiro atoms. The Balaban J connectivity index is 2.09. The lowest BCUT2D eigenvalue weighted by atomic mass is 10.1. The Morgan fingerprint density at radius 1 is 1.20 bits per heavy atom. The van der Waals surface area contributed by atoms with Crippen LogP contribution in [-0.2, 0) is 13.0 Å². The Morgan fingerprint density at radius 2 is 2.00 bits per heavy atom. The topological polar surface area (TPSA) is 54.0 Å². The lowest BCUT2D eigenvalue weighted by Crippen LogP contribution is -2.24. The van der Waals surface area contributed by atoms with E-state index >= 15 is 0 Å². The van der Waals surface area contributed by atoms with Gasteiger partial charge in [0.2, 0.25) is 0 Å². The molecule has 0 aliphatic carbocycles. The van der Waals surface area contributed by atoms with Gasteiger partial charge in [0.1, 0.15) is 0 Å². The Bertz CT molecular complexity index is 596. The fourth-order valence-corrected chi connectivity index (χ4v) is 2.11. The van der Waals surface area contributed by atoms with Crippen molar-refractivity contribution in [3.8, 4) is 0 Å². The van der Waals surface area contributed by atoms with Crippen LogP contribution >= 0.6 is 0 Å². The molecule has 2 rings (SSSR count). The minimum absolute atomic E-state index is 0.0948. The molecule has 0 radical (unpaired) electrons. The molecule has 1 amide bonds. The summed E-state index contributed by atoms with van der Waals surface area (Å²) in [7, 11) is 1.81. The van der Waals surface area contributed by atoms with Crippen molar-refractivity contribution < 1.29 is 4.79 Å². The maximum absolute atomic E-state index is 12.2. The fraction of sp³-hybridized carbons (Fsp3) is 0.250. The summed E-state index contributed by atoms with van der Waals surface area (Å²) in [5, 5.41) is 5.94. The second-order valence-corrected chi connectivity index (χ2v) is 4.44. The van der Waals surface area contributed by atoms with E-state index in [0.717, 1.165) is 23.4 Å². The van der Waals surface area contributed by atoms with Crippen LogP contribution in [0, 0.1) is 0 Å². The van der Waals surface area contributed by atoms with Gasteiger partial charge in [-0.15, -0.1) is 0 Å². The molecule has 0 atom stereocenters. The summed E-state index contributed by atoms with van der Waals surface area (Å²) < 4.78 is 0. The summed E-state index contributed by atoms with van der Waals surface area (Å²) in [6, 6.07) is 11.4. The van der Waals surface area contributed by atoms with E-state index < -0.39 is 0 Å². The van der Waals surface area contributed by atoms with E-state index in [-0.39, 0.29) is 5.91 Å². The number of hydrogen-bond donors (Lipinski definition) is 2. The first kappa shape index (κ1) is 14.1.